The van der Waals surface area contributed by atoms with Crippen molar-refractivity contribution in [2.45, 2.75) is 35.7 Å². The number of anilines is 2. The lowest BCUT2D eigenvalue weighted by molar-refractivity contribution is -0.115. The van der Waals surface area contributed by atoms with Gasteiger partial charge in [-0.2, -0.15) is 17.6 Å². The summed E-state index contributed by atoms with van der Waals surface area (Å²) < 4.78 is 57.2. The van der Waals surface area contributed by atoms with Crippen LogP contribution in [0.5, 0.6) is 11.5 Å². The fourth-order valence-corrected chi connectivity index (χ4v) is 5.64. The maximum absolute atomic E-state index is 12.2. The van der Waals surface area contributed by atoms with Crippen LogP contribution >= 0.6 is 107 Å². The first-order valence-electron chi connectivity index (χ1n) is 10.4. The average molecular weight is 968 g/mol. The molecule has 0 aromatic heterocycles. The third kappa shape index (κ3) is 18.1. The van der Waals surface area contributed by atoms with Crippen LogP contribution in [0.2, 0.25) is 0 Å². The quantitative estimate of drug-likeness (QED) is 0.101. The highest BCUT2D eigenvalue weighted by molar-refractivity contribution is 9.11. The minimum atomic E-state index is -2.92. The molecular weight excluding hydrogens is 947 g/mol. The molecule has 6 nitrogen and oxygen atoms in total. The van der Waals surface area contributed by atoms with Gasteiger partial charge in [0.15, 0.2) is 0 Å². The van der Waals surface area contributed by atoms with Crippen LogP contribution in [0.15, 0.2) is 45.3 Å². The molecule has 0 spiro atoms. The molecule has 3 N–H and O–H groups in total. The number of alkyl halides is 8. The van der Waals surface area contributed by atoms with Crippen LogP contribution < -0.4 is 20.5 Å². The van der Waals surface area contributed by atoms with E-state index in [9.17, 15) is 27.2 Å². The molecule has 0 radical (unpaired) electrons. The topological polar surface area (TPSA) is 90.7 Å². The summed E-state index contributed by atoms with van der Waals surface area (Å²) in [5.74, 6) is -0.228. The molecule has 0 aliphatic heterocycles. The normalized spacial score (nSPS) is 11.9. The molecule has 1 amide bonds. The second-order valence-corrected chi connectivity index (χ2v) is 12.7. The van der Waals surface area contributed by atoms with Crippen LogP contribution in [0.1, 0.15) is 12.8 Å². The Morgan fingerprint density at radius 2 is 1.31 bits per heavy atom. The number of amides is 1. The van der Waals surface area contributed by atoms with E-state index in [1.54, 1.807) is 18.2 Å². The summed E-state index contributed by atoms with van der Waals surface area (Å²) in [6.45, 7) is -5.75. The van der Waals surface area contributed by atoms with E-state index in [2.05, 4.69) is 110 Å². The molecule has 0 heterocycles. The van der Waals surface area contributed by atoms with Gasteiger partial charge in [0, 0.05) is 34.2 Å². The van der Waals surface area contributed by atoms with Gasteiger partial charge in [0.2, 0.25) is 11.1 Å². The standard InChI is InChI=1S/C11H10Br3F2NO2.C7H6BrF2NO.C4H5Br2ClO/c12-4-3-8(14)10(18)17-6-1-2-7(13)9(5-6)19-11(15)16;8-5-2-1-4(11)3-6(5)12-7(9)10;5-2-1-3(6)4(7)8/h1-2,5,8,11H,3-4H2,(H,17,18);1-3,7H,11H2;3H,1-2H2. The third-order valence-electron chi connectivity index (χ3n) is 3.84. The van der Waals surface area contributed by atoms with Crippen molar-refractivity contribution < 1.29 is 36.6 Å². The monoisotopic (exact) mass is 962 g/mol. The molecular formula is C22H21Br6ClF4N2O4. The number of benzene rings is 2. The van der Waals surface area contributed by atoms with Crippen molar-refractivity contribution in [2.75, 3.05) is 21.7 Å². The zero-order valence-corrected chi connectivity index (χ0v) is 29.7. The number of nitrogens with one attached hydrogen (secondary N) is 1. The van der Waals surface area contributed by atoms with Crippen molar-refractivity contribution in [3.05, 3.63) is 45.3 Å². The molecule has 220 valence electrons. The molecule has 2 aromatic carbocycles. The highest BCUT2D eigenvalue weighted by Gasteiger charge is 2.16. The molecule has 0 fully saturated rings. The SMILES string of the molecule is Nc1ccc(Br)c(OC(F)F)c1.O=C(Cl)C(Br)CCBr.O=C(Nc1ccc(Br)c(OC(F)F)c1)C(Br)CCBr. The Balaban J connectivity index is 0.000000616. The molecule has 2 atom stereocenters. The predicted octanol–water partition coefficient (Wildman–Crippen LogP) is 9.47. The van der Waals surface area contributed by atoms with E-state index in [1.165, 1.54) is 18.2 Å². The number of carbonyl (C=O) groups excluding carboxylic acids is 2. The van der Waals surface area contributed by atoms with E-state index in [0.29, 0.717) is 32.1 Å². The van der Waals surface area contributed by atoms with Crippen molar-refractivity contribution >= 4 is 130 Å². The number of halogens is 11. The van der Waals surface area contributed by atoms with E-state index < -0.39 is 13.2 Å². The van der Waals surface area contributed by atoms with E-state index in [-0.39, 0.29) is 32.3 Å². The highest BCUT2D eigenvalue weighted by atomic mass is 79.9. The fourth-order valence-electron chi connectivity index (χ4n) is 2.13. The molecule has 0 aliphatic carbocycles. The van der Waals surface area contributed by atoms with Gasteiger partial charge in [-0.1, -0.05) is 63.7 Å². The zero-order chi connectivity index (χ0) is 30.1. The number of rotatable bonds is 11. The number of nitrogens with two attached hydrogens (primary N) is 1. The average Bonchev–Trinajstić information content (AvgIpc) is 2.84. The first-order chi connectivity index (χ1) is 18.2. The second kappa shape index (κ2) is 21.6. The Labute approximate surface area is 278 Å². The summed E-state index contributed by atoms with van der Waals surface area (Å²) in [6.07, 6.45) is 1.35. The van der Waals surface area contributed by atoms with Gasteiger partial charge >= 0.3 is 13.2 Å². The summed E-state index contributed by atoms with van der Waals surface area (Å²) in [5, 5.41) is 3.76. The molecule has 39 heavy (non-hydrogen) atoms. The Morgan fingerprint density at radius 3 is 1.74 bits per heavy atom. The van der Waals surface area contributed by atoms with Crippen LogP contribution in [0, 0.1) is 0 Å². The Kier molecular flexibility index (Phi) is 21.5. The van der Waals surface area contributed by atoms with Crippen LogP contribution in [-0.4, -0.2) is 44.7 Å². The largest absolute Gasteiger partial charge is 0.434 e. The number of hydrogen-bond donors (Lipinski definition) is 2. The Bertz CT molecular complexity index is 1050. The minimum absolute atomic E-state index is 0.0283. The summed E-state index contributed by atoms with van der Waals surface area (Å²) >= 11 is 24.0. The van der Waals surface area contributed by atoms with Gasteiger partial charge in [-0.25, -0.2) is 0 Å². The maximum Gasteiger partial charge on any atom is 0.387 e. The number of hydrogen-bond acceptors (Lipinski definition) is 5. The van der Waals surface area contributed by atoms with Gasteiger partial charge in [-0.3, -0.25) is 9.59 Å². The number of ether oxygens (including phenoxy) is 2. The molecule has 2 unspecified atom stereocenters. The van der Waals surface area contributed by atoms with Crippen molar-refractivity contribution in [3.8, 4) is 11.5 Å². The molecule has 2 rings (SSSR count). The highest BCUT2D eigenvalue weighted by Crippen LogP contribution is 2.30. The van der Waals surface area contributed by atoms with Crippen LogP contribution in [0.25, 0.3) is 0 Å². The minimum Gasteiger partial charge on any atom is -0.434 e. The lowest BCUT2D eigenvalue weighted by Crippen LogP contribution is -2.23. The summed E-state index contributed by atoms with van der Waals surface area (Å²) in [4.78, 5) is 21.4. The van der Waals surface area contributed by atoms with Crippen molar-refractivity contribution in [3.63, 3.8) is 0 Å². The summed E-state index contributed by atoms with van der Waals surface area (Å²) in [6, 6.07) is 8.92. The van der Waals surface area contributed by atoms with Gasteiger partial charge in [0.05, 0.1) is 18.6 Å². The fraction of sp³-hybridized carbons (Fsp3) is 0.364. The van der Waals surface area contributed by atoms with Crippen molar-refractivity contribution in [1.29, 1.82) is 0 Å². The predicted molar refractivity (Wildman–Crippen MR) is 168 cm³/mol. The molecule has 0 saturated heterocycles. The van der Waals surface area contributed by atoms with E-state index in [0.717, 1.165) is 11.8 Å². The van der Waals surface area contributed by atoms with Gasteiger partial charge < -0.3 is 20.5 Å². The lowest BCUT2D eigenvalue weighted by Gasteiger charge is -2.12. The van der Waals surface area contributed by atoms with Crippen molar-refractivity contribution in [2.24, 2.45) is 0 Å². The smallest absolute Gasteiger partial charge is 0.387 e. The first-order valence-corrected chi connectivity index (χ1v) is 16.4. The van der Waals surface area contributed by atoms with E-state index >= 15 is 0 Å². The molecule has 0 aliphatic rings. The van der Waals surface area contributed by atoms with E-state index in [1.807, 2.05) is 0 Å². The second-order valence-electron chi connectivity index (χ2n) is 6.78. The van der Waals surface area contributed by atoms with Gasteiger partial charge in [0.25, 0.3) is 0 Å². The molecule has 2 aromatic rings. The van der Waals surface area contributed by atoms with Gasteiger partial charge in [0.1, 0.15) is 11.5 Å². The van der Waals surface area contributed by atoms with Crippen LogP contribution in [-0.2, 0) is 9.59 Å². The zero-order valence-electron chi connectivity index (χ0n) is 19.5. The lowest BCUT2D eigenvalue weighted by atomic mass is 10.2. The number of carbonyl (C=O) groups is 2. The van der Waals surface area contributed by atoms with Gasteiger partial charge in [-0.05, 0) is 80.6 Å². The Morgan fingerprint density at radius 1 is 0.846 bits per heavy atom. The maximum atomic E-state index is 12.2. The van der Waals surface area contributed by atoms with E-state index in [4.69, 9.17) is 17.3 Å². The van der Waals surface area contributed by atoms with Gasteiger partial charge in [-0.15, -0.1) is 0 Å². The first kappa shape index (κ1) is 38.9. The Hall–Kier alpha value is -0.130. The summed E-state index contributed by atoms with van der Waals surface area (Å²) in [7, 11) is 0. The third-order valence-corrected chi connectivity index (χ3v) is 8.34. The van der Waals surface area contributed by atoms with Crippen molar-refractivity contribution in [1.82, 2.24) is 0 Å². The summed E-state index contributed by atoms with van der Waals surface area (Å²) in [5.41, 5.74) is 6.13. The van der Waals surface area contributed by atoms with Crippen LogP contribution in [0.3, 0.4) is 0 Å². The van der Waals surface area contributed by atoms with Crippen LogP contribution in [0.4, 0.5) is 28.9 Å². The molecule has 0 bridgehead atoms. The molecule has 17 heteroatoms. The number of nitrogen functional groups attached to an aromatic ring is 1. The molecule has 0 saturated carbocycles.